The summed E-state index contributed by atoms with van der Waals surface area (Å²) in [6.07, 6.45) is 0. The molecule has 0 aliphatic heterocycles. The van der Waals surface area contributed by atoms with Crippen LogP contribution in [0.25, 0.3) is 0 Å². The quantitative estimate of drug-likeness (QED) is 0.717. The van der Waals surface area contributed by atoms with E-state index >= 15 is 0 Å². The number of hydrogen-bond donors (Lipinski definition) is 0. The van der Waals surface area contributed by atoms with Crippen LogP contribution in [-0.4, -0.2) is 14.2 Å². The molecule has 0 amide bonds. The maximum Gasteiger partial charge on any atom is 0.161 e. The molecular formula is C15H13BrClFO2. The molecule has 0 aliphatic carbocycles. The molecule has 0 heterocycles. The molecule has 0 bridgehead atoms. The molecule has 1 atom stereocenters. The van der Waals surface area contributed by atoms with Crippen LogP contribution < -0.4 is 9.47 Å². The molecule has 0 spiro atoms. The summed E-state index contributed by atoms with van der Waals surface area (Å²) >= 11 is 9.55. The molecule has 0 saturated carbocycles. The molecule has 0 fully saturated rings. The molecule has 0 N–H and O–H groups in total. The second-order valence-corrected chi connectivity index (χ2v) is 5.41. The van der Waals surface area contributed by atoms with Gasteiger partial charge in [0.05, 0.1) is 24.1 Å². The van der Waals surface area contributed by atoms with Crippen LogP contribution in [0.1, 0.15) is 16.0 Å². The van der Waals surface area contributed by atoms with Gasteiger partial charge in [-0.1, -0.05) is 45.7 Å². The van der Waals surface area contributed by atoms with Gasteiger partial charge < -0.3 is 9.47 Å². The average Bonchev–Trinajstić information content (AvgIpc) is 2.48. The van der Waals surface area contributed by atoms with Crippen molar-refractivity contribution < 1.29 is 13.9 Å². The van der Waals surface area contributed by atoms with E-state index in [9.17, 15) is 4.39 Å². The number of alkyl halides is 1. The van der Waals surface area contributed by atoms with Crippen LogP contribution in [0.15, 0.2) is 36.4 Å². The summed E-state index contributed by atoms with van der Waals surface area (Å²) in [5.74, 6) is 0.817. The molecular weight excluding hydrogens is 347 g/mol. The molecule has 0 saturated heterocycles. The van der Waals surface area contributed by atoms with E-state index in [1.807, 2.05) is 12.1 Å². The summed E-state index contributed by atoms with van der Waals surface area (Å²) in [4.78, 5) is -0.231. The Bertz CT molecular complexity index is 619. The lowest BCUT2D eigenvalue weighted by molar-refractivity contribution is 0.354. The molecule has 0 radical (unpaired) electrons. The molecule has 20 heavy (non-hydrogen) atoms. The Kier molecular flexibility index (Phi) is 4.89. The van der Waals surface area contributed by atoms with Crippen molar-refractivity contribution in [1.82, 2.24) is 0 Å². The molecule has 2 aromatic rings. The van der Waals surface area contributed by atoms with Crippen molar-refractivity contribution in [2.24, 2.45) is 0 Å². The Morgan fingerprint density at radius 1 is 1.10 bits per heavy atom. The number of halogens is 3. The number of methoxy groups -OCH3 is 2. The van der Waals surface area contributed by atoms with Gasteiger partial charge in [0.2, 0.25) is 0 Å². The number of ether oxygens (including phenoxy) is 2. The van der Waals surface area contributed by atoms with Crippen molar-refractivity contribution in [3.05, 3.63) is 58.4 Å². The van der Waals surface area contributed by atoms with Crippen molar-refractivity contribution in [3.63, 3.8) is 0 Å². The highest BCUT2D eigenvalue weighted by atomic mass is 79.9. The number of rotatable bonds is 4. The number of benzene rings is 2. The Morgan fingerprint density at radius 3 is 2.45 bits per heavy atom. The molecule has 0 aliphatic rings. The summed E-state index contributed by atoms with van der Waals surface area (Å²) in [5, 5.41) is 0.115. The van der Waals surface area contributed by atoms with Crippen LogP contribution in [0.4, 0.5) is 4.39 Å². The highest BCUT2D eigenvalue weighted by molar-refractivity contribution is 9.09. The fraction of sp³-hybridized carbons (Fsp3) is 0.200. The van der Waals surface area contributed by atoms with Gasteiger partial charge in [-0.25, -0.2) is 4.39 Å². The summed E-state index contributed by atoms with van der Waals surface area (Å²) in [6.45, 7) is 0. The normalized spacial score (nSPS) is 12.1. The molecule has 2 nitrogen and oxygen atoms in total. The Balaban J connectivity index is 2.43. The SMILES string of the molecule is COc1ccc(C(Br)c2cccc(F)c2Cl)cc1OC. The van der Waals surface area contributed by atoms with E-state index in [1.54, 1.807) is 32.4 Å². The lowest BCUT2D eigenvalue weighted by atomic mass is 10.0. The van der Waals surface area contributed by atoms with Crippen LogP contribution in [0.2, 0.25) is 5.02 Å². The first-order valence-electron chi connectivity index (χ1n) is 5.88. The van der Waals surface area contributed by atoms with E-state index < -0.39 is 5.82 Å². The largest absolute Gasteiger partial charge is 0.493 e. The molecule has 0 aromatic heterocycles. The topological polar surface area (TPSA) is 18.5 Å². The van der Waals surface area contributed by atoms with E-state index in [0.717, 1.165) is 5.56 Å². The van der Waals surface area contributed by atoms with Crippen LogP contribution >= 0.6 is 27.5 Å². The van der Waals surface area contributed by atoms with Crippen LogP contribution in [-0.2, 0) is 0 Å². The van der Waals surface area contributed by atoms with E-state index in [4.69, 9.17) is 21.1 Å². The van der Waals surface area contributed by atoms with Gasteiger partial charge in [-0.05, 0) is 29.3 Å². The van der Waals surface area contributed by atoms with Gasteiger partial charge in [0.15, 0.2) is 11.5 Å². The predicted molar refractivity (Wildman–Crippen MR) is 81.7 cm³/mol. The summed E-state index contributed by atoms with van der Waals surface area (Å²) in [5.41, 5.74) is 1.56. The molecule has 1 unspecified atom stereocenters. The van der Waals surface area contributed by atoms with Crippen molar-refractivity contribution >= 4 is 27.5 Å². The van der Waals surface area contributed by atoms with Crippen molar-refractivity contribution in [2.75, 3.05) is 14.2 Å². The van der Waals surface area contributed by atoms with E-state index in [1.165, 1.54) is 6.07 Å². The maximum absolute atomic E-state index is 13.5. The van der Waals surface area contributed by atoms with Crippen molar-refractivity contribution in [2.45, 2.75) is 4.83 Å². The average molecular weight is 360 g/mol. The second-order valence-electron chi connectivity index (χ2n) is 4.12. The predicted octanol–water partition coefficient (Wildman–Crippen LogP) is 4.98. The van der Waals surface area contributed by atoms with Crippen molar-refractivity contribution in [1.29, 1.82) is 0 Å². The van der Waals surface area contributed by atoms with Crippen LogP contribution in [0.5, 0.6) is 11.5 Å². The van der Waals surface area contributed by atoms with Gasteiger partial charge in [0.1, 0.15) is 5.82 Å². The lowest BCUT2D eigenvalue weighted by Gasteiger charge is -2.15. The summed E-state index contributed by atoms with van der Waals surface area (Å²) in [6, 6.07) is 10.3. The van der Waals surface area contributed by atoms with Gasteiger partial charge in [-0.2, -0.15) is 0 Å². The zero-order chi connectivity index (χ0) is 14.7. The number of hydrogen-bond acceptors (Lipinski definition) is 2. The minimum absolute atomic E-state index is 0.115. The molecule has 5 heteroatoms. The van der Waals surface area contributed by atoms with Gasteiger partial charge in [-0.3, -0.25) is 0 Å². The first-order valence-corrected chi connectivity index (χ1v) is 7.17. The second kappa shape index (κ2) is 6.46. The summed E-state index contributed by atoms with van der Waals surface area (Å²) in [7, 11) is 3.15. The third-order valence-electron chi connectivity index (χ3n) is 2.95. The highest BCUT2D eigenvalue weighted by Gasteiger charge is 2.17. The highest BCUT2D eigenvalue weighted by Crippen LogP contribution is 2.39. The van der Waals surface area contributed by atoms with Gasteiger partial charge in [-0.15, -0.1) is 0 Å². The maximum atomic E-state index is 13.5. The van der Waals surface area contributed by atoms with Gasteiger partial charge >= 0.3 is 0 Å². The Hall–Kier alpha value is -1.26. The monoisotopic (exact) mass is 358 g/mol. The smallest absolute Gasteiger partial charge is 0.161 e. The van der Waals surface area contributed by atoms with Crippen LogP contribution in [0, 0.1) is 5.82 Å². The summed E-state index contributed by atoms with van der Waals surface area (Å²) < 4.78 is 24.0. The van der Waals surface area contributed by atoms with Gasteiger partial charge in [0.25, 0.3) is 0 Å². The minimum atomic E-state index is -0.436. The van der Waals surface area contributed by atoms with E-state index in [0.29, 0.717) is 17.1 Å². The fourth-order valence-electron chi connectivity index (χ4n) is 1.91. The lowest BCUT2D eigenvalue weighted by Crippen LogP contribution is -1.98. The molecule has 2 rings (SSSR count). The standard InChI is InChI=1S/C15H13BrClFO2/c1-19-12-7-6-9(8-13(12)20-2)14(16)10-4-3-5-11(18)15(10)17/h3-8,14H,1-2H3. The first kappa shape index (κ1) is 15.1. The van der Waals surface area contributed by atoms with Crippen LogP contribution in [0.3, 0.4) is 0 Å². The zero-order valence-corrected chi connectivity index (χ0v) is 13.3. The fourth-order valence-corrected chi connectivity index (χ4v) is 2.94. The van der Waals surface area contributed by atoms with Crippen molar-refractivity contribution in [3.8, 4) is 11.5 Å². The first-order chi connectivity index (χ1) is 9.58. The zero-order valence-electron chi connectivity index (χ0n) is 11.0. The Morgan fingerprint density at radius 2 is 1.80 bits per heavy atom. The molecule has 2 aromatic carbocycles. The molecule has 106 valence electrons. The minimum Gasteiger partial charge on any atom is -0.493 e. The van der Waals surface area contributed by atoms with E-state index in [-0.39, 0.29) is 9.85 Å². The Labute approximate surface area is 130 Å². The third kappa shape index (κ3) is 2.91. The third-order valence-corrected chi connectivity index (χ3v) is 4.38. The van der Waals surface area contributed by atoms with Gasteiger partial charge in [0, 0.05) is 0 Å². The van der Waals surface area contributed by atoms with E-state index in [2.05, 4.69) is 15.9 Å².